The Labute approximate surface area is 137 Å². The first kappa shape index (κ1) is 17.2. The maximum absolute atomic E-state index is 12.2. The minimum absolute atomic E-state index is 0.142. The van der Waals surface area contributed by atoms with Gasteiger partial charge in [0.15, 0.2) is 5.13 Å². The van der Waals surface area contributed by atoms with Crippen molar-refractivity contribution in [1.82, 2.24) is 10.3 Å². The van der Waals surface area contributed by atoms with Crippen molar-refractivity contribution in [1.29, 1.82) is 0 Å². The number of anilines is 1. The molecular weight excluding hydrogens is 298 g/mol. The molecule has 6 heteroatoms. The predicted molar refractivity (Wildman–Crippen MR) is 90.5 cm³/mol. The van der Waals surface area contributed by atoms with Crippen LogP contribution in [0.3, 0.4) is 0 Å². The SMILES string of the molecule is Cc1cnc(N2CCC(C(=O)NCCCOC(C)C)CC2)s1. The van der Waals surface area contributed by atoms with Crippen LogP contribution in [-0.2, 0) is 9.53 Å². The molecule has 0 aliphatic carbocycles. The van der Waals surface area contributed by atoms with Crippen molar-refractivity contribution in [2.45, 2.75) is 46.1 Å². The van der Waals surface area contributed by atoms with Crippen molar-refractivity contribution in [2.75, 3.05) is 31.1 Å². The van der Waals surface area contributed by atoms with Crippen LogP contribution in [0.4, 0.5) is 5.13 Å². The monoisotopic (exact) mass is 325 g/mol. The van der Waals surface area contributed by atoms with Crippen molar-refractivity contribution in [3.8, 4) is 0 Å². The van der Waals surface area contributed by atoms with Crippen LogP contribution >= 0.6 is 11.3 Å². The van der Waals surface area contributed by atoms with Crippen LogP contribution in [0.1, 0.15) is 38.0 Å². The summed E-state index contributed by atoms with van der Waals surface area (Å²) in [4.78, 5) is 20.1. The molecule has 0 radical (unpaired) electrons. The van der Waals surface area contributed by atoms with Gasteiger partial charge in [0.25, 0.3) is 0 Å². The molecule has 0 bridgehead atoms. The van der Waals surface area contributed by atoms with E-state index in [9.17, 15) is 4.79 Å². The average Bonchev–Trinajstić information content (AvgIpc) is 2.93. The third kappa shape index (κ3) is 5.25. The molecule has 1 aromatic heterocycles. The highest BCUT2D eigenvalue weighted by atomic mass is 32.1. The molecule has 22 heavy (non-hydrogen) atoms. The lowest BCUT2D eigenvalue weighted by Gasteiger charge is -2.31. The summed E-state index contributed by atoms with van der Waals surface area (Å²) in [7, 11) is 0. The predicted octanol–water partition coefficient (Wildman–Crippen LogP) is 2.60. The van der Waals surface area contributed by atoms with E-state index in [1.807, 2.05) is 20.0 Å². The van der Waals surface area contributed by atoms with Crippen molar-refractivity contribution in [2.24, 2.45) is 5.92 Å². The highest BCUT2D eigenvalue weighted by Gasteiger charge is 2.25. The Bertz CT molecular complexity index is 468. The van der Waals surface area contributed by atoms with E-state index >= 15 is 0 Å². The van der Waals surface area contributed by atoms with E-state index in [1.165, 1.54) is 4.88 Å². The van der Waals surface area contributed by atoms with E-state index < -0.39 is 0 Å². The molecule has 0 unspecified atom stereocenters. The molecule has 0 atom stereocenters. The number of thiazole rings is 1. The number of aromatic nitrogens is 1. The number of aryl methyl sites for hydroxylation is 1. The zero-order valence-electron chi connectivity index (χ0n) is 13.8. The first-order valence-electron chi connectivity index (χ1n) is 8.13. The molecule has 5 nitrogen and oxygen atoms in total. The lowest BCUT2D eigenvalue weighted by Crippen LogP contribution is -2.40. The maximum Gasteiger partial charge on any atom is 0.223 e. The van der Waals surface area contributed by atoms with Gasteiger partial charge < -0.3 is 15.0 Å². The van der Waals surface area contributed by atoms with Crippen LogP contribution in [0.25, 0.3) is 0 Å². The van der Waals surface area contributed by atoms with Gasteiger partial charge in [0.1, 0.15) is 0 Å². The summed E-state index contributed by atoms with van der Waals surface area (Å²) in [6.07, 6.45) is 4.87. The number of rotatable bonds is 7. The summed E-state index contributed by atoms with van der Waals surface area (Å²) in [6, 6.07) is 0. The van der Waals surface area contributed by atoms with Crippen molar-refractivity contribution >= 4 is 22.4 Å². The van der Waals surface area contributed by atoms with Gasteiger partial charge in [-0.15, -0.1) is 11.3 Å². The van der Waals surface area contributed by atoms with E-state index in [0.29, 0.717) is 13.2 Å². The van der Waals surface area contributed by atoms with Crippen LogP contribution in [-0.4, -0.2) is 43.2 Å². The van der Waals surface area contributed by atoms with E-state index in [-0.39, 0.29) is 17.9 Å². The number of carbonyl (C=O) groups is 1. The molecule has 124 valence electrons. The van der Waals surface area contributed by atoms with E-state index in [4.69, 9.17) is 4.74 Å². The number of hydrogen-bond acceptors (Lipinski definition) is 5. The Hall–Kier alpha value is -1.14. The smallest absolute Gasteiger partial charge is 0.223 e. The molecule has 0 saturated carbocycles. The fourth-order valence-electron chi connectivity index (χ4n) is 2.57. The largest absolute Gasteiger partial charge is 0.379 e. The molecule has 1 amide bonds. The number of nitrogens with zero attached hydrogens (tertiary/aromatic N) is 2. The second-order valence-electron chi connectivity index (χ2n) is 6.08. The number of piperidine rings is 1. The maximum atomic E-state index is 12.2. The van der Waals surface area contributed by atoms with E-state index in [0.717, 1.165) is 37.5 Å². The Morgan fingerprint density at radius 2 is 2.23 bits per heavy atom. The molecule has 0 aromatic carbocycles. The summed E-state index contributed by atoms with van der Waals surface area (Å²) in [5.41, 5.74) is 0. The Morgan fingerprint density at radius 3 is 2.82 bits per heavy atom. The Morgan fingerprint density at radius 1 is 1.50 bits per heavy atom. The van der Waals surface area contributed by atoms with Crippen LogP contribution in [0.2, 0.25) is 0 Å². The molecule has 2 heterocycles. The van der Waals surface area contributed by atoms with Crippen LogP contribution < -0.4 is 10.2 Å². The van der Waals surface area contributed by atoms with Crippen molar-refractivity contribution < 1.29 is 9.53 Å². The number of carbonyl (C=O) groups excluding carboxylic acids is 1. The molecule has 1 aromatic rings. The van der Waals surface area contributed by atoms with Gasteiger partial charge in [0.05, 0.1) is 6.10 Å². The number of nitrogens with one attached hydrogen (secondary N) is 1. The molecule has 2 rings (SSSR count). The molecule has 1 aliphatic rings. The quantitative estimate of drug-likeness (QED) is 0.783. The summed E-state index contributed by atoms with van der Waals surface area (Å²) < 4.78 is 5.47. The molecule has 1 saturated heterocycles. The highest BCUT2D eigenvalue weighted by Crippen LogP contribution is 2.26. The first-order valence-corrected chi connectivity index (χ1v) is 8.94. The summed E-state index contributed by atoms with van der Waals surface area (Å²) in [5.74, 6) is 0.336. The molecule has 1 fully saturated rings. The normalized spacial score (nSPS) is 16.3. The highest BCUT2D eigenvalue weighted by molar-refractivity contribution is 7.15. The minimum Gasteiger partial charge on any atom is -0.379 e. The van der Waals surface area contributed by atoms with Gasteiger partial charge in [0, 0.05) is 43.2 Å². The van der Waals surface area contributed by atoms with Crippen LogP contribution in [0.15, 0.2) is 6.20 Å². The second-order valence-corrected chi connectivity index (χ2v) is 7.29. The van der Waals surface area contributed by atoms with E-state index in [1.54, 1.807) is 11.3 Å². The van der Waals surface area contributed by atoms with Crippen molar-refractivity contribution in [3.63, 3.8) is 0 Å². The summed E-state index contributed by atoms with van der Waals surface area (Å²) >= 11 is 1.73. The van der Waals surface area contributed by atoms with Gasteiger partial charge >= 0.3 is 0 Å². The minimum atomic E-state index is 0.142. The topological polar surface area (TPSA) is 54.5 Å². The summed E-state index contributed by atoms with van der Waals surface area (Å²) in [5, 5.41) is 4.12. The third-order valence-corrected chi connectivity index (χ3v) is 4.79. The fourth-order valence-corrected chi connectivity index (χ4v) is 3.38. The lowest BCUT2D eigenvalue weighted by molar-refractivity contribution is -0.125. The summed E-state index contributed by atoms with van der Waals surface area (Å²) in [6.45, 7) is 9.37. The number of hydrogen-bond donors (Lipinski definition) is 1. The van der Waals surface area contributed by atoms with Gasteiger partial charge in [-0.3, -0.25) is 4.79 Å². The van der Waals surface area contributed by atoms with E-state index in [2.05, 4.69) is 22.1 Å². The molecule has 0 spiro atoms. The Kier molecular flexibility index (Phi) is 6.64. The molecule has 1 N–H and O–H groups in total. The van der Waals surface area contributed by atoms with Crippen LogP contribution in [0, 0.1) is 12.8 Å². The van der Waals surface area contributed by atoms with Gasteiger partial charge in [-0.25, -0.2) is 4.98 Å². The zero-order chi connectivity index (χ0) is 15.9. The number of ether oxygens (including phenoxy) is 1. The standard InChI is InChI=1S/C16H27N3O2S/c1-12(2)21-10-4-7-17-15(20)14-5-8-19(9-6-14)16-18-11-13(3)22-16/h11-12,14H,4-10H2,1-3H3,(H,17,20). The molecule has 1 aliphatic heterocycles. The third-order valence-electron chi connectivity index (χ3n) is 3.82. The zero-order valence-corrected chi connectivity index (χ0v) is 14.6. The fraction of sp³-hybridized carbons (Fsp3) is 0.750. The van der Waals surface area contributed by atoms with Gasteiger partial charge in [-0.1, -0.05) is 0 Å². The second kappa shape index (κ2) is 8.48. The number of amides is 1. The van der Waals surface area contributed by atoms with Crippen molar-refractivity contribution in [3.05, 3.63) is 11.1 Å². The first-order chi connectivity index (χ1) is 10.6. The van der Waals surface area contributed by atoms with Gasteiger partial charge in [-0.2, -0.15) is 0 Å². The lowest BCUT2D eigenvalue weighted by atomic mass is 9.96. The van der Waals surface area contributed by atoms with Gasteiger partial charge in [0.2, 0.25) is 5.91 Å². The van der Waals surface area contributed by atoms with Crippen LogP contribution in [0.5, 0.6) is 0 Å². The Balaban J connectivity index is 1.64. The van der Waals surface area contributed by atoms with Gasteiger partial charge in [-0.05, 0) is 40.0 Å². The average molecular weight is 325 g/mol. The molecular formula is C16H27N3O2S.